The van der Waals surface area contributed by atoms with E-state index in [4.69, 9.17) is 4.74 Å². The maximum atomic E-state index is 12.8. The quantitative estimate of drug-likeness (QED) is 0.936. The normalized spacial score (nSPS) is 20.9. The minimum atomic E-state index is -0.0266. The van der Waals surface area contributed by atoms with Gasteiger partial charge in [-0.15, -0.1) is 0 Å². The monoisotopic (exact) mass is 328 g/mol. The lowest BCUT2D eigenvalue weighted by molar-refractivity contribution is 0.0596. The number of benzene rings is 1. The number of aromatic nitrogens is 2. The number of carbonyl (C=O) groups excluding carboxylic acids is 1. The predicted octanol–water partition coefficient (Wildman–Crippen LogP) is 2.01. The highest BCUT2D eigenvalue weighted by Gasteiger charge is 2.29. The molecule has 2 heterocycles. The van der Waals surface area contributed by atoms with Gasteiger partial charge in [0, 0.05) is 31.4 Å². The lowest BCUT2D eigenvalue weighted by atomic mass is 10.1. The Morgan fingerprint density at radius 1 is 1.33 bits per heavy atom. The van der Waals surface area contributed by atoms with Gasteiger partial charge in [0.05, 0.1) is 7.11 Å². The van der Waals surface area contributed by atoms with Crippen LogP contribution in [0.15, 0.2) is 30.5 Å². The second-order valence-electron chi connectivity index (χ2n) is 6.30. The Morgan fingerprint density at radius 2 is 2.12 bits per heavy atom. The van der Waals surface area contributed by atoms with Crippen LogP contribution in [0.2, 0.25) is 0 Å². The van der Waals surface area contributed by atoms with E-state index in [0.717, 1.165) is 23.5 Å². The van der Waals surface area contributed by atoms with Gasteiger partial charge < -0.3 is 15.0 Å². The van der Waals surface area contributed by atoms with Crippen molar-refractivity contribution in [1.29, 1.82) is 0 Å². The molecule has 1 aromatic carbocycles. The Bertz CT molecular complexity index is 740. The molecule has 1 saturated heterocycles. The van der Waals surface area contributed by atoms with Crippen LogP contribution in [0, 0.1) is 6.92 Å². The average Bonchev–Trinajstić information content (AvgIpc) is 3.06. The van der Waals surface area contributed by atoms with Crippen LogP contribution in [0.25, 0.3) is 5.69 Å². The zero-order chi connectivity index (χ0) is 17.3. The number of carbonyl (C=O) groups is 1. The number of rotatable bonds is 3. The lowest BCUT2D eigenvalue weighted by Crippen LogP contribution is -2.57. The first-order valence-corrected chi connectivity index (χ1v) is 8.26. The molecule has 2 atom stereocenters. The van der Waals surface area contributed by atoms with E-state index in [2.05, 4.69) is 24.3 Å². The van der Waals surface area contributed by atoms with Crippen molar-refractivity contribution < 1.29 is 9.53 Å². The number of hydrogen-bond acceptors (Lipinski definition) is 4. The smallest absolute Gasteiger partial charge is 0.274 e. The highest BCUT2D eigenvalue weighted by atomic mass is 16.5. The Morgan fingerprint density at radius 3 is 2.88 bits per heavy atom. The highest BCUT2D eigenvalue weighted by molar-refractivity contribution is 5.92. The van der Waals surface area contributed by atoms with Crippen LogP contribution in [0.1, 0.15) is 29.9 Å². The van der Waals surface area contributed by atoms with Gasteiger partial charge in [0.1, 0.15) is 11.4 Å². The molecule has 1 aliphatic heterocycles. The standard InChI is InChI=1S/C18H24N4O2/c1-12-5-6-17(24-4)16(11-12)22-9-7-15(20-22)18(23)21-10-8-19-13(2)14(21)3/h5-7,9,11,13-14,19H,8,10H2,1-4H3. The fourth-order valence-electron chi connectivity index (χ4n) is 3.04. The number of hydrogen-bond donors (Lipinski definition) is 1. The van der Waals surface area contributed by atoms with Gasteiger partial charge in [-0.1, -0.05) is 6.07 Å². The van der Waals surface area contributed by atoms with E-state index in [9.17, 15) is 4.79 Å². The van der Waals surface area contributed by atoms with Gasteiger partial charge in [-0.3, -0.25) is 4.79 Å². The third-order valence-corrected chi connectivity index (χ3v) is 4.68. The van der Waals surface area contributed by atoms with Crippen molar-refractivity contribution in [3.63, 3.8) is 0 Å². The van der Waals surface area contributed by atoms with Crippen LogP contribution < -0.4 is 10.1 Å². The summed E-state index contributed by atoms with van der Waals surface area (Å²) in [5, 5.41) is 7.87. The number of piperazine rings is 1. The molecule has 3 rings (SSSR count). The zero-order valence-corrected chi connectivity index (χ0v) is 14.6. The molecule has 1 aliphatic rings. The number of methoxy groups -OCH3 is 1. The SMILES string of the molecule is COc1ccc(C)cc1-n1ccc(C(=O)N2CCNC(C)C2C)n1. The van der Waals surface area contributed by atoms with Crippen LogP contribution in [0.3, 0.4) is 0 Å². The second-order valence-corrected chi connectivity index (χ2v) is 6.30. The first kappa shape index (κ1) is 16.5. The summed E-state index contributed by atoms with van der Waals surface area (Å²) in [6.07, 6.45) is 1.81. The molecule has 1 N–H and O–H groups in total. The topological polar surface area (TPSA) is 59.4 Å². The first-order valence-electron chi connectivity index (χ1n) is 8.26. The zero-order valence-electron chi connectivity index (χ0n) is 14.6. The van der Waals surface area contributed by atoms with Crippen molar-refractivity contribution in [3.8, 4) is 11.4 Å². The molecule has 128 valence electrons. The molecule has 2 unspecified atom stereocenters. The molecule has 0 saturated carbocycles. The van der Waals surface area contributed by atoms with Gasteiger partial charge in [0.15, 0.2) is 5.69 Å². The number of nitrogens with one attached hydrogen (secondary N) is 1. The van der Waals surface area contributed by atoms with E-state index < -0.39 is 0 Å². The van der Waals surface area contributed by atoms with Crippen LogP contribution in [0.5, 0.6) is 5.75 Å². The minimum absolute atomic E-state index is 0.0266. The maximum absolute atomic E-state index is 12.8. The Kier molecular flexibility index (Phi) is 4.57. The summed E-state index contributed by atoms with van der Waals surface area (Å²) < 4.78 is 7.11. The number of aryl methyl sites for hydroxylation is 1. The fourth-order valence-corrected chi connectivity index (χ4v) is 3.04. The largest absolute Gasteiger partial charge is 0.494 e. The predicted molar refractivity (Wildman–Crippen MR) is 92.8 cm³/mol. The van der Waals surface area contributed by atoms with E-state index in [1.54, 1.807) is 24.1 Å². The van der Waals surface area contributed by atoms with Crippen LogP contribution >= 0.6 is 0 Å². The van der Waals surface area contributed by atoms with E-state index >= 15 is 0 Å². The fraction of sp³-hybridized carbons (Fsp3) is 0.444. The van der Waals surface area contributed by atoms with Crippen LogP contribution in [0.4, 0.5) is 0 Å². The number of amides is 1. The summed E-state index contributed by atoms with van der Waals surface area (Å²) in [5.41, 5.74) is 2.40. The minimum Gasteiger partial charge on any atom is -0.494 e. The molecule has 24 heavy (non-hydrogen) atoms. The number of nitrogens with zero attached hydrogens (tertiary/aromatic N) is 3. The molecule has 1 amide bonds. The van der Waals surface area contributed by atoms with Crippen molar-refractivity contribution in [3.05, 3.63) is 41.7 Å². The van der Waals surface area contributed by atoms with E-state index in [1.807, 2.05) is 30.0 Å². The summed E-state index contributed by atoms with van der Waals surface area (Å²) in [7, 11) is 1.63. The molecule has 0 bridgehead atoms. The van der Waals surface area contributed by atoms with Gasteiger partial charge in [0.25, 0.3) is 5.91 Å². The van der Waals surface area contributed by atoms with E-state index in [-0.39, 0.29) is 18.0 Å². The van der Waals surface area contributed by atoms with Gasteiger partial charge in [-0.2, -0.15) is 5.10 Å². The number of ether oxygens (including phenoxy) is 1. The Hall–Kier alpha value is -2.34. The summed E-state index contributed by atoms with van der Waals surface area (Å²) in [6.45, 7) is 7.69. The molecule has 6 heteroatoms. The Balaban J connectivity index is 1.88. The molecule has 2 aromatic rings. The van der Waals surface area contributed by atoms with Gasteiger partial charge in [0.2, 0.25) is 0 Å². The highest BCUT2D eigenvalue weighted by Crippen LogP contribution is 2.24. The molecule has 0 radical (unpaired) electrons. The molecule has 0 aliphatic carbocycles. The van der Waals surface area contributed by atoms with Crippen molar-refractivity contribution in [2.45, 2.75) is 32.9 Å². The third kappa shape index (κ3) is 3.01. The second kappa shape index (κ2) is 6.65. The van der Waals surface area contributed by atoms with Gasteiger partial charge >= 0.3 is 0 Å². The molecule has 1 aromatic heterocycles. The maximum Gasteiger partial charge on any atom is 0.274 e. The van der Waals surface area contributed by atoms with Crippen LogP contribution in [-0.2, 0) is 0 Å². The lowest BCUT2D eigenvalue weighted by Gasteiger charge is -2.38. The molecular weight excluding hydrogens is 304 g/mol. The van der Waals surface area contributed by atoms with Crippen molar-refractivity contribution >= 4 is 5.91 Å². The third-order valence-electron chi connectivity index (χ3n) is 4.68. The summed E-state index contributed by atoms with van der Waals surface area (Å²) in [6, 6.07) is 8.08. The van der Waals surface area contributed by atoms with E-state index in [1.165, 1.54) is 0 Å². The summed E-state index contributed by atoms with van der Waals surface area (Å²) in [5.74, 6) is 0.702. The molecule has 6 nitrogen and oxygen atoms in total. The van der Waals surface area contributed by atoms with Crippen molar-refractivity contribution in [2.24, 2.45) is 0 Å². The van der Waals surface area contributed by atoms with Gasteiger partial charge in [-0.25, -0.2) is 4.68 Å². The average molecular weight is 328 g/mol. The first-order chi connectivity index (χ1) is 11.5. The molecule has 1 fully saturated rings. The van der Waals surface area contributed by atoms with Gasteiger partial charge in [-0.05, 0) is 44.5 Å². The summed E-state index contributed by atoms with van der Waals surface area (Å²) in [4.78, 5) is 14.7. The van der Waals surface area contributed by atoms with E-state index in [0.29, 0.717) is 12.2 Å². The molecular formula is C18H24N4O2. The summed E-state index contributed by atoms with van der Waals surface area (Å²) >= 11 is 0. The van der Waals surface area contributed by atoms with Crippen molar-refractivity contribution in [2.75, 3.05) is 20.2 Å². The van der Waals surface area contributed by atoms with Crippen LogP contribution in [-0.4, -0.2) is 52.9 Å². The molecule has 0 spiro atoms. The van der Waals surface area contributed by atoms with Crippen molar-refractivity contribution in [1.82, 2.24) is 20.0 Å². The Labute approximate surface area is 142 Å².